The lowest BCUT2D eigenvalue weighted by Crippen LogP contribution is -2.55. The number of allylic oxidation sites excluding steroid dienone is 14. The Labute approximate surface area is 329 Å². The van der Waals surface area contributed by atoms with E-state index in [0.717, 1.165) is 64.2 Å². The largest absolute Gasteiger partial charge is 0.544 e. The number of carbonyl (C=O) groups is 3. The number of carbonyl (C=O) groups excluding carboxylic acids is 3. The van der Waals surface area contributed by atoms with Gasteiger partial charge in [-0.05, 0) is 89.9 Å². The van der Waals surface area contributed by atoms with Crippen molar-refractivity contribution >= 4 is 17.9 Å². The average molecular weight is 754 g/mol. The number of carboxylic acid groups (broad SMARTS) is 1. The summed E-state index contributed by atoms with van der Waals surface area (Å²) in [5.74, 6) is -1.85. The maximum atomic E-state index is 12.6. The molecule has 0 aromatic heterocycles. The van der Waals surface area contributed by atoms with Crippen molar-refractivity contribution in [2.75, 3.05) is 41.0 Å². The van der Waals surface area contributed by atoms with Gasteiger partial charge in [0.2, 0.25) is 0 Å². The van der Waals surface area contributed by atoms with Crippen LogP contribution in [-0.2, 0) is 28.6 Å². The lowest BCUT2D eigenvalue weighted by atomic mass is 10.1. The fourth-order valence-electron chi connectivity index (χ4n) is 5.30. The zero-order valence-corrected chi connectivity index (χ0v) is 34.6. The van der Waals surface area contributed by atoms with Crippen LogP contribution in [0, 0.1) is 0 Å². The summed E-state index contributed by atoms with van der Waals surface area (Å²) in [4.78, 5) is 36.6. The molecule has 0 aromatic carbocycles. The van der Waals surface area contributed by atoms with E-state index in [4.69, 9.17) is 14.2 Å². The third-order valence-corrected chi connectivity index (χ3v) is 8.52. The van der Waals surface area contributed by atoms with E-state index in [0.29, 0.717) is 12.8 Å². The van der Waals surface area contributed by atoms with Crippen LogP contribution in [0.25, 0.3) is 0 Å². The molecule has 8 heteroatoms. The number of aliphatic carboxylic acids is 1. The number of ether oxygens (including phenoxy) is 3. The van der Waals surface area contributed by atoms with Gasteiger partial charge in [-0.25, -0.2) is 0 Å². The van der Waals surface area contributed by atoms with Gasteiger partial charge < -0.3 is 28.6 Å². The highest BCUT2D eigenvalue weighted by Gasteiger charge is 2.25. The van der Waals surface area contributed by atoms with Crippen LogP contribution in [0.2, 0.25) is 0 Å². The van der Waals surface area contributed by atoms with Crippen molar-refractivity contribution in [3.63, 3.8) is 0 Å². The predicted octanol–water partition coefficient (Wildman–Crippen LogP) is 9.63. The highest BCUT2D eigenvalue weighted by atomic mass is 16.6. The Morgan fingerprint density at radius 1 is 0.574 bits per heavy atom. The summed E-state index contributed by atoms with van der Waals surface area (Å²) in [6.07, 6.45) is 46.3. The number of hydrogen-bond acceptors (Lipinski definition) is 7. The van der Waals surface area contributed by atoms with Crippen LogP contribution in [0.4, 0.5) is 0 Å². The molecule has 0 fully saturated rings. The second kappa shape index (κ2) is 36.5. The molecule has 0 heterocycles. The van der Waals surface area contributed by atoms with Crippen molar-refractivity contribution in [3.8, 4) is 0 Å². The Morgan fingerprint density at radius 3 is 1.46 bits per heavy atom. The molecule has 2 atom stereocenters. The quantitative estimate of drug-likeness (QED) is 0.0275. The summed E-state index contributed by atoms with van der Waals surface area (Å²) >= 11 is 0. The third-order valence-electron chi connectivity index (χ3n) is 8.52. The minimum Gasteiger partial charge on any atom is -0.544 e. The van der Waals surface area contributed by atoms with Crippen LogP contribution in [0.3, 0.4) is 0 Å². The van der Waals surface area contributed by atoms with Crippen molar-refractivity contribution < 1.29 is 38.2 Å². The first-order valence-electron chi connectivity index (χ1n) is 20.6. The Balaban J connectivity index is 4.42. The smallest absolute Gasteiger partial charge is 0.306 e. The number of esters is 2. The van der Waals surface area contributed by atoms with Gasteiger partial charge in [0.15, 0.2) is 6.10 Å². The van der Waals surface area contributed by atoms with E-state index in [1.165, 1.54) is 25.7 Å². The molecule has 54 heavy (non-hydrogen) atoms. The molecule has 306 valence electrons. The molecule has 0 saturated carbocycles. The van der Waals surface area contributed by atoms with Crippen LogP contribution in [0.5, 0.6) is 0 Å². The lowest BCUT2D eigenvalue weighted by molar-refractivity contribution is -0.889. The summed E-state index contributed by atoms with van der Waals surface area (Å²) in [7, 11) is 5.36. The fourth-order valence-corrected chi connectivity index (χ4v) is 5.30. The van der Waals surface area contributed by atoms with E-state index in [1.54, 1.807) is 21.1 Å². The molecule has 2 unspecified atom stereocenters. The number of likely N-dealkylation sites (N-methyl/N-ethyl adjacent to an activating group) is 1. The van der Waals surface area contributed by atoms with Crippen molar-refractivity contribution in [3.05, 3.63) is 85.1 Å². The lowest BCUT2D eigenvalue weighted by Gasteiger charge is -2.34. The molecule has 0 bridgehead atoms. The molecule has 0 radical (unpaired) electrons. The first-order valence-corrected chi connectivity index (χ1v) is 20.6. The molecule has 8 nitrogen and oxygen atoms in total. The molecule has 0 rings (SSSR count). The topological polar surface area (TPSA) is 102 Å². The maximum Gasteiger partial charge on any atom is 0.306 e. The molecule has 0 saturated heterocycles. The molecule has 0 amide bonds. The summed E-state index contributed by atoms with van der Waals surface area (Å²) in [6.45, 7) is 4.39. The molecule has 0 aliphatic carbocycles. The maximum absolute atomic E-state index is 12.6. The SMILES string of the molecule is CC/C=C/C/C=C/CCCCC(=O)OC(COCCC(C(=O)[O-])[N+](C)(C)C)COC(=O)CCCC/C=C/C/C=C/C/C=C/C/C=C/C/C=C/CCCCC. The van der Waals surface area contributed by atoms with Gasteiger partial charge in [0, 0.05) is 19.3 Å². The van der Waals surface area contributed by atoms with Gasteiger partial charge in [0.25, 0.3) is 0 Å². The Kier molecular flexibility index (Phi) is 34.1. The van der Waals surface area contributed by atoms with Gasteiger partial charge in [0.1, 0.15) is 12.6 Å². The molecule has 0 aliphatic heterocycles. The van der Waals surface area contributed by atoms with Crippen LogP contribution >= 0.6 is 0 Å². The van der Waals surface area contributed by atoms with Crippen molar-refractivity contribution in [1.82, 2.24) is 0 Å². The highest BCUT2D eigenvalue weighted by molar-refractivity contribution is 5.70. The number of quaternary nitrogens is 1. The summed E-state index contributed by atoms with van der Waals surface area (Å²) < 4.78 is 17.0. The van der Waals surface area contributed by atoms with Crippen molar-refractivity contribution in [2.45, 2.75) is 148 Å². The van der Waals surface area contributed by atoms with E-state index in [9.17, 15) is 19.5 Å². The standard InChI is InChI=1S/C46H75NO7/c1-6-8-10-12-14-16-17-18-19-20-21-22-23-24-25-26-27-29-30-32-34-36-44(48)53-41-42(40-52-39-38-43(46(50)51)47(3,4)5)54-45(49)37-35-33-31-28-15-13-11-9-7-2/h9,11,14-16,18-19,21-22,24-25,27-29,42-43H,6-8,10,12-13,17,20,23,26,30-41H2,1-5H3/b11-9+,16-14+,19-18+,22-21+,25-24+,28-15+,29-27+. The number of carboxylic acids is 1. The zero-order valence-electron chi connectivity index (χ0n) is 34.6. The van der Waals surface area contributed by atoms with Gasteiger partial charge in [-0.15, -0.1) is 0 Å². The van der Waals surface area contributed by atoms with Crippen LogP contribution < -0.4 is 5.11 Å². The minimum atomic E-state index is -1.14. The Hall–Kier alpha value is -3.49. The highest BCUT2D eigenvalue weighted by Crippen LogP contribution is 2.10. The van der Waals surface area contributed by atoms with Gasteiger partial charge in [0.05, 0.1) is 40.3 Å². The van der Waals surface area contributed by atoms with Crippen LogP contribution in [0.1, 0.15) is 136 Å². The van der Waals surface area contributed by atoms with Crippen molar-refractivity contribution in [2.24, 2.45) is 0 Å². The molecule has 0 spiro atoms. The van der Waals surface area contributed by atoms with E-state index >= 15 is 0 Å². The zero-order chi connectivity index (χ0) is 40.0. The van der Waals surface area contributed by atoms with Gasteiger partial charge in [-0.2, -0.15) is 0 Å². The number of rotatable bonds is 35. The number of nitrogens with zero attached hydrogens (tertiary/aromatic N) is 1. The monoisotopic (exact) mass is 754 g/mol. The van der Waals surface area contributed by atoms with Crippen molar-refractivity contribution in [1.29, 1.82) is 0 Å². The van der Waals surface area contributed by atoms with Gasteiger partial charge in [-0.1, -0.05) is 112 Å². The second-order valence-electron chi connectivity index (χ2n) is 14.5. The molecule has 0 aromatic rings. The van der Waals surface area contributed by atoms with Crippen LogP contribution in [-0.4, -0.2) is 75.5 Å². The minimum absolute atomic E-state index is 0.00812. The summed E-state index contributed by atoms with van der Waals surface area (Å²) in [6, 6.07) is -0.741. The average Bonchev–Trinajstić information content (AvgIpc) is 3.12. The first kappa shape index (κ1) is 50.5. The molecular weight excluding hydrogens is 679 g/mol. The molecule has 0 aliphatic rings. The predicted molar refractivity (Wildman–Crippen MR) is 222 cm³/mol. The van der Waals surface area contributed by atoms with Crippen LogP contribution in [0.15, 0.2) is 85.1 Å². The molecule has 0 N–H and O–H groups in total. The normalized spacial score (nSPS) is 13.9. The third kappa shape index (κ3) is 34.3. The Morgan fingerprint density at radius 2 is 1.02 bits per heavy atom. The van der Waals surface area contributed by atoms with Gasteiger partial charge >= 0.3 is 11.9 Å². The fraction of sp³-hybridized carbons (Fsp3) is 0.630. The van der Waals surface area contributed by atoms with E-state index in [1.807, 2.05) is 0 Å². The number of unbranched alkanes of at least 4 members (excludes halogenated alkanes) is 7. The number of hydrogen-bond donors (Lipinski definition) is 0. The Bertz CT molecular complexity index is 1160. The first-order chi connectivity index (χ1) is 26.1. The van der Waals surface area contributed by atoms with E-state index < -0.39 is 18.1 Å². The van der Waals surface area contributed by atoms with E-state index in [-0.39, 0.29) is 55.5 Å². The van der Waals surface area contributed by atoms with E-state index in [2.05, 4.69) is 98.9 Å². The summed E-state index contributed by atoms with van der Waals surface area (Å²) in [5.41, 5.74) is 0. The summed E-state index contributed by atoms with van der Waals surface area (Å²) in [5, 5.41) is 11.6. The van der Waals surface area contributed by atoms with Gasteiger partial charge in [-0.3, -0.25) is 9.59 Å². The second-order valence-corrected chi connectivity index (χ2v) is 14.5. The molecular formula is C46H75NO7.